The summed E-state index contributed by atoms with van der Waals surface area (Å²) < 4.78 is 0. The predicted molar refractivity (Wildman–Crippen MR) is 70.0 cm³/mol. The summed E-state index contributed by atoms with van der Waals surface area (Å²) in [5.74, 6) is -1.17. The molecule has 0 spiro atoms. The molecule has 0 aromatic heterocycles. The monoisotopic (exact) mass is 256 g/mol. The highest BCUT2D eigenvalue weighted by Gasteiger charge is 2.13. The smallest absolute Gasteiger partial charge is 0.309 e. The van der Waals surface area contributed by atoms with E-state index in [1.165, 1.54) is 25.7 Å². The zero-order chi connectivity index (χ0) is 13.2. The minimum Gasteiger partial charge on any atom is -0.347 e. The Morgan fingerprint density at radius 3 is 2.06 bits per heavy atom. The minimum atomic E-state index is -0.601. The molecule has 6 heteroatoms. The van der Waals surface area contributed by atoms with E-state index in [4.69, 9.17) is 5.73 Å². The summed E-state index contributed by atoms with van der Waals surface area (Å²) in [4.78, 5) is 25.0. The minimum absolute atomic E-state index is 0.332. The zero-order valence-corrected chi connectivity index (χ0v) is 10.9. The first-order valence-corrected chi connectivity index (χ1v) is 6.72. The van der Waals surface area contributed by atoms with Crippen LogP contribution in [-0.4, -0.2) is 56.0 Å². The molecule has 4 N–H and O–H groups in total. The molecule has 1 saturated heterocycles. The Kier molecular flexibility index (Phi) is 7.36. The summed E-state index contributed by atoms with van der Waals surface area (Å²) in [6.07, 6.45) is 5.05. The normalized spacial score (nSPS) is 16.9. The Bertz CT molecular complexity index is 263. The van der Waals surface area contributed by atoms with Crippen LogP contribution in [0.3, 0.4) is 0 Å². The lowest BCUT2D eigenvalue weighted by Crippen LogP contribution is -2.44. The molecule has 18 heavy (non-hydrogen) atoms. The van der Waals surface area contributed by atoms with Crippen molar-refractivity contribution in [1.29, 1.82) is 0 Å². The molecule has 0 radical (unpaired) electrons. The molecular weight excluding hydrogens is 232 g/mol. The lowest BCUT2D eigenvalue weighted by atomic mass is 10.2. The number of nitrogens with one attached hydrogen (secondary N) is 2. The van der Waals surface area contributed by atoms with E-state index in [9.17, 15) is 9.59 Å². The quantitative estimate of drug-likeness (QED) is 0.554. The second-order valence-corrected chi connectivity index (χ2v) is 4.56. The standard InChI is InChI=1S/C12H24N4O2/c13-5-6-14-11(17)12(18)15-7-10-16-8-3-1-2-4-9-16/h1-10,13H2,(H,14,17)(H,15,18). The second-order valence-electron chi connectivity index (χ2n) is 4.56. The summed E-state index contributed by atoms with van der Waals surface area (Å²) in [7, 11) is 0. The van der Waals surface area contributed by atoms with Gasteiger partial charge in [-0.05, 0) is 25.9 Å². The second kappa shape index (κ2) is 8.88. The van der Waals surface area contributed by atoms with Crippen LogP contribution in [0.2, 0.25) is 0 Å². The molecule has 104 valence electrons. The van der Waals surface area contributed by atoms with Gasteiger partial charge >= 0.3 is 11.8 Å². The topological polar surface area (TPSA) is 87.5 Å². The number of nitrogens with zero attached hydrogens (tertiary/aromatic N) is 1. The van der Waals surface area contributed by atoms with E-state index in [2.05, 4.69) is 15.5 Å². The van der Waals surface area contributed by atoms with Crippen LogP contribution in [0.4, 0.5) is 0 Å². The van der Waals surface area contributed by atoms with Crippen LogP contribution in [0.1, 0.15) is 25.7 Å². The summed E-state index contributed by atoms with van der Waals surface area (Å²) in [5, 5.41) is 5.07. The number of likely N-dealkylation sites (tertiary alicyclic amines) is 1. The average Bonchev–Trinajstić information content (AvgIpc) is 2.64. The first-order chi connectivity index (χ1) is 8.74. The molecule has 0 saturated carbocycles. The summed E-state index contributed by atoms with van der Waals surface area (Å²) >= 11 is 0. The Hall–Kier alpha value is -1.14. The Balaban J connectivity index is 2.12. The van der Waals surface area contributed by atoms with Gasteiger partial charge in [0.25, 0.3) is 0 Å². The Morgan fingerprint density at radius 1 is 0.944 bits per heavy atom. The number of nitrogens with two attached hydrogens (primary N) is 1. The van der Waals surface area contributed by atoms with Gasteiger partial charge < -0.3 is 21.3 Å². The summed E-state index contributed by atoms with van der Waals surface area (Å²) in [5.41, 5.74) is 5.24. The van der Waals surface area contributed by atoms with Crippen LogP contribution >= 0.6 is 0 Å². The van der Waals surface area contributed by atoms with Gasteiger partial charge in [-0.2, -0.15) is 0 Å². The van der Waals surface area contributed by atoms with E-state index in [0.29, 0.717) is 19.6 Å². The predicted octanol–water partition coefficient (Wildman–Crippen LogP) is -0.946. The highest BCUT2D eigenvalue weighted by atomic mass is 16.2. The molecule has 0 bridgehead atoms. The molecule has 1 rings (SSSR count). The lowest BCUT2D eigenvalue weighted by molar-refractivity contribution is -0.139. The molecule has 0 atom stereocenters. The van der Waals surface area contributed by atoms with Gasteiger partial charge in [0, 0.05) is 26.2 Å². The van der Waals surface area contributed by atoms with Gasteiger partial charge in [0.05, 0.1) is 0 Å². The van der Waals surface area contributed by atoms with E-state index in [-0.39, 0.29) is 0 Å². The Labute approximate surface area is 108 Å². The van der Waals surface area contributed by atoms with Crippen LogP contribution in [0.15, 0.2) is 0 Å². The van der Waals surface area contributed by atoms with Crippen LogP contribution in [0.25, 0.3) is 0 Å². The number of carbonyl (C=O) groups is 2. The van der Waals surface area contributed by atoms with Crippen molar-refractivity contribution in [3.63, 3.8) is 0 Å². The average molecular weight is 256 g/mol. The number of carbonyl (C=O) groups excluding carboxylic acids is 2. The molecular formula is C12H24N4O2. The molecule has 1 aliphatic heterocycles. The number of hydrogen-bond acceptors (Lipinski definition) is 4. The van der Waals surface area contributed by atoms with E-state index >= 15 is 0 Å². The fourth-order valence-corrected chi connectivity index (χ4v) is 2.03. The number of hydrogen-bond donors (Lipinski definition) is 3. The lowest BCUT2D eigenvalue weighted by Gasteiger charge is -2.19. The van der Waals surface area contributed by atoms with Gasteiger partial charge in [0.15, 0.2) is 0 Å². The third-order valence-electron chi connectivity index (χ3n) is 3.05. The van der Waals surface area contributed by atoms with Crippen LogP contribution in [-0.2, 0) is 9.59 Å². The molecule has 6 nitrogen and oxygen atoms in total. The molecule has 0 aromatic rings. The highest BCUT2D eigenvalue weighted by molar-refractivity contribution is 6.35. The molecule has 1 aliphatic rings. The zero-order valence-electron chi connectivity index (χ0n) is 10.9. The first-order valence-electron chi connectivity index (χ1n) is 6.72. The third-order valence-corrected chi connectivity index (χ3v) is 3.05. The fraction of sp³-hybridized carbons (Fsp3) is 0.833. The number of rotatable bonds is 5. The van der Waals surface area contributed by atoms with E-state index in [0.717, 1.165) is 19.6 Å². The third kappa shape index (κ3) is 5.97. The number of amides is 2. The van der Waals surface area contributed by atoms with Crippen molar-refractivity contribution in [1.82, 2.24) is 15.5 Å². The maximum atomic E-state index is 11.4. The molecule has 2 amide bonds. The SMILES string of the molecule is NCCNC(=O)C(=O)NCCN1CCCCCC1. The Morgan fingerprint density at radius 2 is 1.50 bits per heavy atom. The molecule has 0 aromatic carbocycles. The van der Waals surface area contributed by atoms with Crippen molar-refractivity contribution >= 4 is 11.8 Å². The van der Waals surface area contributed by atoms with Crippen molar-refractivity contribution in [2.75, 3.05) is 39.3 Å². The van der Waals surface area contributed by atoms with Gasteiger partial charge in [-0.15, -0.1) is 0 Å². The maximum Gasteiger partial charge on any atom is 0.309 e. The van der Waals surface area contributed by atoms with Crippen LogP contribution < -0.4 is 16.4 Å². The van der Waals surface area contributed by atoms with Crippen LogP contribution in [0.5, 0.6) is 0 Å². The summed E-state index contributed by atoms with van der Waals surface area (Å²) in [6.45, 7) is 4.19. The van der Waals surface area contributed by atoms with Crippen molar-refractivity contribution in [3.8, 4) is 0 Å². The van der Waals surface area contributed by atoms with Crippen molar-refractivity contribution < 1.29 is 9.59 Å². The van der Waals surface area contributed by atoms with E-state index in [1.54, 1.807) is 0 Å². The van der Waals surface area contributed by atoms with Crippen LogP contribution in [0, 0.1) is 0 Å². The van der Waals surface area contributed by atoms with Crippen molar-refractivity contribution in [3.05, 3.63) is 0 Å². The van der Waals surface area contributed by atoms with E-state index < -0.39 is 11.8 Å². The van der Waals surface area contributed by atoms with Crippen molar-refractivity contribution in [2.45, 2.75) is 25.7 Å². The van der Waals surface area contributed by atoms with Gasteiger partial charge in [0.1, 0.15) is 0 Å². The van der Waals surface area contributed by atoms with Gasteiger partial charge in [0.2, 0.25) is 0 Å². The molecule has 0 aliphatic carbocycles. The molecule has 1 fully saturated rings. The first kappa shape index (κ1) is 14.9. The summed E-state index contributed by atoms with van der Waals surface area (Å²) in [6, 6.07) is 0. The molecule has 1 heterocycles. The molecule has 0 unspecified atom stereocenters. The van der Waals surface area contributed by atoms with Gasteiger partial charge in [-0.3, -0.25) is 9.59 Å². The largest absolute Gasteiger partial charge is 0.347 e. The highest BCUT2D eigenvalue weighted by Crippen LogP contribution is 2.08. The van der Waals surface area contributed by atoms with Gasteiger partial charge in [-0.25, -0.2) is 0 Å². The fourth-order valence-electron chi connectivity index (χ4n) is 2.03. The van der Waals surface area contributed by atoms with Crippen molar-refractivity contribution in [2.24, 2.45) is 5.73 Å². The maximum absolute atomic E-state index is 11.4. The van der Waals surface area contributed by atoms with Gasteiger partial charge in [-0.1, -0.05) is 12.8 Å². The van der Waals surface area contributed by atoms with E-state index in [1.807, 2.05) is 0 Å².